The predicted octanol–water partition coefficient (Wildman–Crippen LogP) is 2.72. The van der Waals surface area contributed by atoms with Crippen LogP contribution in [0.3, 0.4) is 0 Å². The molecule has 0 aliphatic carbocycles. The summed E-state index contributed by atoms with van der Waals surface area (Å²) in [7, 11) is 1.70. The normalized spacial score (nSPS) is 12.6. The third-order valence-corrected chi connectivity index (χ3v) is 3.62. The molecule has 0 spiro atoms. The monoisotopic (exact) mass is 262 g/mol. The van der Waals surface area contributed by atoms with Crippen molar-refractivity contribution in [2.45, 2.75) is 18.9 Å². The van der Waals surface area contributed by atoms with Crippen LogP contribution in [0.4, 0.5) is 0 Å². The molecule has 1 aromatic carbocycles. The van der Waals surface area contributed by atoms with Crippen LogP contribution in [-0.4, -0.2) is 24.7 Å². The molecule has 2 rings (SSSR count). The molecule has 0 saturated heterocycles. The number of hydrogen-bond donors (Lipinski definition) is 1. The standard InChI is InChI=1S/C14H18N2OS/c1-17-8-7-12(15)9-14-16-13(10-18-14)11-5-3-2-4-6-11/h2-6,10,12H,7-9,15H2,1H3. The molecular formula is C14H18N2OS. The lowest BCUT2D eigenvalue weighted by Crippen LogP contribution is -2.24. The summed E-state index contributed by atoms with van der Waals surface area (Å²) in [5.41, 5.74) is 8.22. The zero-order valence-corrected chi connectivity index (χ0v) is 11.3. The maximum atomic E-state index is 6.03. The number of rotatable bonds is 6. The van der Waals surface area contributed by atoms with Crippen molar-refractivity contribution in [3.05, 3.63) is 40.7 Å². The summed E-state index contributed by atoms with van der Waals surface area (Å²) in [6.45, 7) is 0.706. The number of nitrogens with zero attached hydrogens (tertiary/aromatic N) is 1. The Labute approximate surface area is 112 Å². The second-order valence-corrected chi connectivity index (χ2v) is 5.18. The van der Waals surface area contributed by atoms with Crippen LogP contribution in [0, 0.1) is 0 Å². The van der Waals surface area contributed by atoms with Crippen molar-refractivity contribution in [2.24, 2.45) is 5.73 Å². The van der Waals surface area contributed by atoms with E-state index >= 15 is 0 Å². The Hall–Kier alpha value is -1.23. The first-order valence-electron chi connectivity index (χ1n) is 6.04. The molecule has 96 valence electrons. The first-order chi connectivity index (χ1) is 8.79. The lowest BCUT2D eigenvalue weighted by molar-refractivity contribution is 0.188. The van der Waals surface area contributed by atoms with Gasteiger partial charge in [-0.3, -0.25) is 0 Å². The molecule has 0 bridgehead atoms. The fraction of sp³-hybridized carbons (Fsp3) is 0.357. The highest BCUT2D eigenvalue weighted by Crippen LogP contribution is 2.22. The summed E-state index contributed by atoms with van der Waals surface area (Å²) in [6, 6.07) is 10.3. The highest BCUT2D eigenvalue weighted by Gasteiger charge is 2.08. The Balaban J connectivity index is 1.98. The third kappa shape index (κ3) is 3.63. The Morgan fingerprint density at radius 2 is 2.11 bits per heavy atom. The van der Waals surface area contributed by atoms with Gasteiger partial charge in [-0.2, -0.15) is 0 Å². The summed E-state index contributed by atoms with van der Waals surface area (Å²) in [4.78, 5) is 4.63. The SMILES string of the molecule is COCCC(N)Cc1nc(-c2ccccc2)cs1. The highest BCUT2D eigenvalue weighted by molar-refractivity contribution is 7.09. The van der Waals surface area contributed by atoms with Crippen molar-refractivity contribution >= 4 is 11.3 Å². The van der Waals surface area contributed by atoms with Gasteiger partial charge in [0, 0.05) is 37.1 Å². The molecule has 2 aromatic rings. The minimum absolute atomic E-state index is 0.125. The fourth-order valence-corrected chi connectivity index (χ4v) is 2.64. The summed E-state index contributed by atoms with van der Waals surface area (Å²) in [5, 5.41) is 3.19. The van der Waals surface area contributed by atoms with Crippen LogP contribution in [0.5, 0.6) is 0 Å². The van der Waals surface area contributed by atoms with E-state index in [9.17, 15) is 0 Å². The second kappa shape index (κ2) is 6.64. The molecule has 3 nitrogen and oxygen atoms in total. The number of aromatic nitrogens is 1. The van der Waals surface area contributed by atoms with Gasteiger partial charge in [0.2, 0.25) is 0 Å². The van der Waals surface area contributed by atoms with Crippen LogP contribution in [-0.2, 0) is 11.2 Å². The van der Waals surface area contributed by atoms with E-state index in [2.05, 4.69) is 22.5 Å². The summed E-state index contributed by atoms with van der Waals surface area (Å²) >= 11 is 1.67. The summed E-state index contributed by atoms with van der Waals surface area (Å²) in [5.74, 6) is 0. The van der Waals surface area contributed by atoms with E-state index in [0.29, 0.717) is 6.61 Å². The van der Waals surface area contributed by atoms with E-state index in [-0.39, 0.29) is 6.04 Å². The minimum Gasteiger partial charge on any atom is -0.385 e. The molecule has 0 aliphatic rings. The van der Waals surface area contributed by atoms with Crippen LogP contribution in [0.1, 0.15) is 11.4 Å². The number of benzene rings is 1. The zero-order chi connectivity index (χ0) is 12.8. The topological polar surface area (TPSA) is 48.1 Å². The average molecular weight is 262 g/mol. The molecule has 18 heavy (non-hydrogen) atoms. The molecular weight excluding hydrogens is 244 g/mol. The largest absolute Gasteiger partial charge is 0.385 e. The van der Waals surface area contributed by atoms with Crippen LogP contribution in [0.15, 0.2) is 35.7 Å². The van der Waals surface area contributed by atoms with Gasteiger partial charge in [0.15, 0.2) is 0 Å². The molecule has 2 N–H and O–H groups in total. The maximum Gasteiger partial charge on any atom is 0.0948 e. The molecule has 0 fully saturated rings. The first kappa shape index (κ1) is 13.2. The Kier molecular flexibility index (Phi) is 4.87. The van der Waals surface area contributed by atoms with Crippen molar-refractivity contribution in [2.75, 3.05) is 13.7 Å². The Morgan fingerprint density at radius 3 is 2.83 bits per heavy atom. The quantitative estimate of drug-likeness (QED) is 0.870. The van der Waals surface area contributed by atoms with Crippen molar-refractivity contribution in [1.82, 2.24) is 4.98 Å². The number of thiazole rings is 1. The van der Waals surface area contributed by atoms with Gasteiger partial charge in [0.25, 0.3) is 0 Å². The van der Waals surface area contributed by atoms with E-state index in [4.69, 9.17) is 10.5 Å². The molecule has 1 aromatic heterocycles. The number of methoxy groups -OCH3 is 1. The van der Waals surface area contributed by atoms with Crippen molar-refractivity contribution in [3.63, 3.8) is 0 Å². The zero-order valence-electron chi connectivity index (χ0n) is 10.5. The van der Waals surface area contributed by atoms with E-state index in [1.54, 1.807) is 18.4 Å². The lowest BCUT2D eigenvalue weighted by Gasteiger charge is -2.08. The third-order valence-electron chi connectivity index (χ3n) is 2.75. The number of nitrogens with two attached hydrogens (primary N) is 1. The van der Waals surface area contributed by atoms with Gasteiger partial charge in [0.1, 0.15) is 0 Å². The van der Waals surface area contributed by atoms with E-state index in [1.807, 2.05) is 18.2 Å². The van der Waals surface area contributed by atoms with Gasteiger partial charge in [0.05, 0.1) is 10.7 Å². The first-order valence-corrected chi connectivity index (χ1v) is 6.92. The number of hydrogen-bond acceptors (Lipinski definition) is 4. The lowest BCUT2D eigenvalue weighted by atomic mass is 10.1. The van der Waals surface area contributed by atoms with Crippen molar-refractivity contribution < 1.29 is 4.74 Å². The molecule has 0 amide bonds. The van der Waals surface area contributed by atoms with Gasteiger partial charge >= 0.3 is 0 Å². The minimum atomic E-state index is 0.125. The molecule has 4 heteroatoms. The van der Waals surface area contributed by atoms with E-state index < -0.39 is 0 Å². The van der Waals surface area contributed by atoms with Gasteiger partial charge in [-0.25, -0.2) is 4.98 Å². The highest BCUT2D eigenvalue weighted by atomic mass is 32.1. The van der Waals surface area contributed by atoms with Crippen LogP contribution in [0.2, 0.25) is 0 Å². The van der Waals surface area contributed by atoms with Gasteiger partial charge in [-0.05, 0) is 6.42 Å². The molecule has 1 atom stereocenters. The second-order valence-electron chi connectivity index (χ2n) is 4.24. The smallest absolute Gasteiger partial charge is 0.0948 e. The molecule has 0 radical (unpaired) electrons. The molecule has 1 heterocycles. The van der Waals surface area contributed by atoms with Gasteiger partial charge < -0.3 is 10.5 Å². The summed E-state index contributed by atoms with van der Waals surface area (Å²) in [6.07, 6.45) is 1.69. The van der Waals surface area contributed by atoms with Crippen molar-refractivity contribution in [1.29, 1.82) is 0 Å². The average Bonchev–Trinajstić information content (AvgIpc) is 2.86. The van der Waals surface area contributed by atoms with E-state index in [0.717, 1.165) is 29.1 Å². The molecule has 0 aliphatic heterocycles. The Morgan fingerprint density at radius 1 is 1.33 bits per heavy atom. The Bertz CT molecular complexity index is 470. The van der Waals surface area contributed by atoms with Crippen LogP contribution < -0.4 is 5.73 Å². The van der Waals surface area contributed by atoms with Gasteiger partial charge in [-0.15, -0.1) is 11.3 Å². The van der Waals surface area contributed by atoms with Crippen molar-refractivity contribution in [3.8, 4) is 11.3 Å². The number of ether oxygens (including phenoxy) is 1. The van der Waals surface area contributed by atoms with E-state index in [1.165, 1.54) is 0 Å². The fourth-order valence-electron chi connectivity index (χ4n) is 1.74. The van der Waals surface area contributed by atoms with Gasteiger partial charge in [-0.1, -0.05) is 30.3 Å². The van der Waals surface area contributed by atoms with Crippen LogP contribution in [0.25, 0.3) is 11.3 Å². The molecule has 1 unspecified atom stereocenters. The van der Waals surface area contributed by atoms with Crippen LogP contribution >= 0.6 is 11.3 Å². The maximum absolute atomic E-state index is 6.03. The molecule has 0 saturated carbocycles. The predicted molar refractivity (Wildman–Crippen MR) is 75.7 cm³/mol. The summed E-state index contributed by atoms with van der Waals surface area (Å²) < 4.78 is 5.03.